The molecule has 0 saturated carbocycles. The molecule has 2 aliphatic heterocycles. The Morgan fingerprint density at radius 1 is 1.09 bits per heavy atom. The highest BCUT2D eigenvalue weighted by Gasteiger charge is 2.32. The molecule has 4 rings (SSSR count). The van der Waals surface area contributed by atoms with Gasteiger partial charge in [0.1, 0.15) is 0 Å². The number of fused-ring (bicyclic) bond motifs is 2. The van der Waals surface area contributed by atoms with Crippen molar-refractivity contribution in [3.63, 3.8) is 0 Å². The summed E-state index contributed by atoms with van der Waals surface area (Å²) in [5.74, 6) is -1.60. The number of rotatable bonds is 5. The van der Waals surface area contributed by atoms with Gasteiger partial charge in [-0.05, 0) is 47.7 Å². The Balaban J connectivity index is 0.000000588. The van der Waals surface area contributed by atoms with Crippen LogP contribution in [0.5, 0.6) is 0 Å². The molecule has 13 heteroatoms. The third-order valence-corrected chi connectivity index (χ3v) is 4.94. The molecule has 0 unspecified atom stereocenters. The monoisotopic (exact) mass is 492 g/mol. The molecule has 0 aromatic heterocycles. The number of carbonyl (C=O) groups is 3. The maximum atomic E-state index is 12.1. The zero-order valence-corrected chi connectivity index (χ0v) is 18.5. The Kier molecular flexibility index (Phi) is 7.49. The third kappa shape index (κ3) is 6.50. The number of nitrogens with one attached hydrogen (secondary N) is 1. The molecule has 1 saturated heterocycles. The van der Waals surface area contributed by atoms with Gasteiger partial charge < -0.3 is 20.5 Å². The molecule has 4 N–H and O–H groups in total. The molecule has 1 aliphatic carbocycles. The van der Waals surface area contributed by atoms with Crippen molar-refractivity contribution in [1.82, 2.24) is 9.63 Å². The molecule has 2 amide bonds. The number of hydrogen-bond donors (Lipinski definition) is 3. The maximum Gasteiger partial charge on any atom is 0.333 e. The lowest BCUT2D eigenvalue weighted by Crippen LogP contribution is -2.58. The standard InChI is InChI=1S/C21H20N4O4.ClHO4/c22-15-5-3-13-10-14-4-6-16(23)12-18(14)24(17(13)11-15)9-1-2-21(28)29-25-19(26)7-8-20(25)27;2-1(3,4)5/h3-6,10-12,22H,1-2,7-9,23H2;(H,2,3,4,5). The van der Waals surface area contributed by atoms with Crippen LogP contribution in [-0.2, 0) is 25.8 Å². The summed E-state index contributed by atoms with van der Waals surface area (Å²) in [6, 6.07) is 13.1. The van der Waals surface area contributed by atoms with E-state index in [1.54, 1.807) is 12.1 Å². The smallest absolute Gasteiger partial charge is 0.333 e. The first-order valence-electron chi connectivity index (χ1n) is 9.99. The highest BCUT2D eigenvalue weighted by atomic mass is 35.7. The lowest BCUT2D eigenvalue weighted by Gasteiger charge is -2.20. The molecule has 180 valence electrons. The summed E-state index contributed by atoms with van der Waals surface area (Å²) < 4.78 is 34.7. The summed E-state index contributed by atoms with van der Waals surface area (Å²) in [4.78, 5) is 40.1. The van der Waals surface area contributed by atoms with Crippen molar-refractivity contribution < 1.29 is 48.1 Å². The van der Waals surface area contributed by atoms with Crippen LogP contribution in [0.1, 0.15) is 25.7 Å². The van der Waals surface area contributed by atoms with E-state index in [1.807, 2.05) is 34.9 Å². The van der Waals surface area contributed by atoms with Gasteiger partial charge in [0.25, 0.3) is 11.8 Å². The Hall–Kier alpha value is -3.55. The van der Waals surface area contributed by atoms with Crippen molar-refractivity contribution in [3.05, 3.63) is 47.8 Å². The molecule has 1 aromatic rings. The normalized spacial score (nSPS) is 13.8. The van der Waals surface area contributed by atoms with Gasteiger partial charge in [0.2, 0.25) is 0 Å². The number of aromatic nitrogens is 1. The van der Waals surface area contributed by atoms with Crippen LogP contribution in [0.4, 0.5) is 5.69 Å². The Morgan fingerprint density at radius 3 is 2.38 bits per heavy atom. The van der Waals surface area contributed by atoms with Gasteiger partial charge in [-0.25, -0.2) is 4.79 Å². The number of nitrogens with zero attached hydrogens (tertiary/aromatic N) is 2. The van der Waals surface area contributed by atoms with Crippen LogP contribution in [0.15, 0.2) is 42.5 Å². The average molecular weight is 493 g/mol. The Labute approximate surface area is 194 Å². The van der Waals surface area contributed by atoms with Crippen molar-refractivity contribution >= 4 is 34.4 Å². The van der Waals surface area contributed by atoms with Crippen LogP contribution < -0.4 is 25.1 Å². The zero-order valence-electron chi connectivity index (χ0n) is 17.7. The SMILES string of the molecule is N=c1ccc2cc3ccc(N)cc3n(CCCC(=O)ON3C(=O)CCC3=O)c-2c1.[O-][Cl+3]([O-])([O-])O. The van der Waals surface area contributed by atoms with Crippen molar-refractivity contribution in [2.75, 3.05) is 5.73 Å². The number of benzene rings is 2. The molecule has 0 atom stereocenters. The number of imide groups is 1. The number of pyridine rings is 1. The number of halogens is 1. The summed E-state index contributed by atoms with van der Waals surface area (Å²) in [6.07, 6.45) is 0.622. The summed E-state index contributed by atoms with van der Waals surface area (Å²) in [6.45, 7) is 0.484. The fourth-order valence-corrected chi connectivity index (χ4v) is 3.54. The van der Waals surface area contributed by atoms with Crippen molar-refractivity contribution in [1.29, 1.82) is 5.41 Å². The van der Waals surface area contributed by atoms with E-state index >= 15 is 0 Å². The van der Waals surface area contributed by atoms with Crippen LogP contribution >= 0.6 is 0 Å². The minimum atomic E-state index is -4.69. The molecule has 12 nitrogen and oxygen atoms in total. The van der Waals surface area contributed by atoms with E-state index in [0.29, 0.717) is 29.1 Å². The number of nitrogens with two attached hydrogens (primary N) is 1. The van der Waals surface area contributed by atoms with E-state index in [1.165, 1.54) is 0 Å². The van der Waals surface area contributed by atoms with Gasteiger partial charge >= 0.3 is 5.97 Å². The summed E-state index contributed by atoms with van der Waals surface area (Å²) in [7, 11) is -4.69. The minimum Gasteiger partial charge on any atom is -0.399 e. The molecule has 34 heavy (non-hydrogen) atoms. The zero-order chi connectivity index (χ0) is 25.0. The fraction of sp³-hybridized carbons (Fsp3) is 0.238. The van der Waals surface area contributed by atoms with Crippen LogP contribution in [0, 0.1) is 15.7 Å². The fourth-order valence-electron chi connectivity index (χ4n) is 3.54. The first-order chi connectivity index (χ1) is 15.9. The van der Waals surface area contributed by atoms with E-state index in [-0.39, 0.29) is 19.3 Å². The summed E-state index contributed by atoms with van der Waals surface area (Å²) >= 11 is 0. The van der Waals surface area contributed by atoms with Crippen LogP contribution in [0.3, 0.4) is 0 Å². The van der Waals surface area contributed by atoms with E-state index < -0.39 is 28.0 Å². The second-order valence-corrected chi connectivity index (χ2v) is 8.22. The van der Waals surface area contributed by atoms with E-state index in [2.05, 4.69) is 0 Å². The Bertz CT molecular complexity index is 1250. The molecule has 0 spiro atoms. The van der Waals surface area contributed by atoms with Crippen molar-refractivity contribution in [2.24, 2.45) is 0 Å². The highest BCUT2D eigenvalue weighted by Crippen LogP contribution is 2.29. The van der Waals surface area contributed by atoms with E-state index in [4.69, 9.17) is 34.6 Å². The first-order valence-corrected chi connectivity index (χ1v) is 11.3. The summed E-state index contributed by atoms with van der Waals surface area (Å²) in [5.41, 5.74) is 9.34. The van der Waals surface area contributed by atoms with Crippen molar-refractivity contribution in [3.8, 4) is 11.3 Å². The predicted molar refractivity (Wildman–Crippen MR) is 107 cm³/mol. The molecule has 3 aliphatic rings. The number of carbonyl (C=O) groups excluding carboxylic acids is 3. The first kappa shape index (κ1) is 25.1. The second-order valence-electron chi connectivity index (χ2n) is 7.43. The largest absolute Gasteiger partial charge is 0.399 e. The van der Waals surface area contributed by atoms with Crippen molar-refractivity contribution in [2.45, 2.75) is 32.2 Å². The summed E-state index contributed by atoms with van der Waals surface area (Å²) in [5, 5.41) is 9.91. The number of amides is 2. The quantitative estimate of drug-likeness (QED) is 0.205. The Morgan fingerprint density at radius 2 is 1.74 bits per heavy atom. The molecular weight excluding hydrogens is 472 g/mol. The number of hydroxylamine groups is 2. The number of aryl methyl sites for hydroxylation is 1. The molecular formula is C21H21ClN4O8. The van der Waals surface area contributed by atoms with Gasteiger partial charge in [-0.3, -0.25) is 9.59 Å². The molecule has 0 radical (unpaired) electrons. The number of anilines is 1. The van der Waals surface area contributed by atoms with Gasteiger partial charge in [0.05, 0.1) is 31.5 Å². The van der Waals surface area contributed by atoms with Gasteiger partial charge in [-0.2, -0.15) is 14.0 Å². The predicted octanol–water partition coefficient (Wildman–Crippen LogP) is -1.93. The van der Waals surface area contributed by atoms with Gasteiger partial charge in [0, 0.05) is 31.5 Å². The highest BCUT2D eigenvalue weighted by molar-refractivity contribution is 6.01. The molecule has 0 bridgehead atoms. The van der Waals surface area contributed by atoms with Gasteiger partial charge in [-0.1, -0.05) is 12.1 Å². The molecule has 1 fully saturated rings. The van der Waals surface area contributed by atoms with Crippen LogP contribution in [-0.4, -0.2) is 32.1 Å². The minimum absolute atomic E-state index is 0.0465. The lowest BCUT2D eigenvalue weighted by atomic mass is 10.0. The van der Waals surface area contributed by atoms with E-state index in [9.17, 15) is 14.4 Å². The lowest BCUT2D eigenvalue weighted by molar-refractivity contribution is -1.92. The van der Waals surface area contributed by atoms with Crippen LogP contribution in [0.2, 0.25) is 0 Å². The average Bonchev–Trinajstić information content (AvgIpc) is 3.04. The van der Waals surface area contributed by atoms with Crippen LogP contribution in [0.25, 0.3) is 22.2 Å². The van der Waals surface area contributed by atoms with Gasteiger partial charge in [-0.15, -0.1) is 5.06 Å². The number of nitrogen functional groups attached to an aromatic ring is 1. The number of hydrogen-bond acceptors (Lipinski definition) is 10. The molecule has 1 aromatic carbocycles. The molecule has 2 heterocycles. The third-order valence-electron chi connectivity index (χ3n) is 4.94. The maximum absolute atomic E-state index is 12.1. The topological polar surface area (TPSA) is 208 Å². The second kappa shape index (κ2) is 10.2. The van der Waals surface area contributed by atoms with E-state index in [0.717, 1.165) is 22.2 Å². The van der Waals surface area contributed by atoms with Gasteiger partial charge in [0.15, 0.2) is 0 Å².